The zero-order chi connectivity index (χ0) is 22.1. The molecule has 0 bridgehead atoms. The minimum Gasteiger partial charge on any atom is -0.454 e. The van der Waals surface area contributed by atoms with Gasteiger partial charge in [0.1, 0.15) is 11.6 Å². The highest BCUT2D eigenvalue weighted by molar-refractivity contribution is 6.04. The molecule has 0 amide bonds. The molecule has 1 atom stereocenters. The van der Waals surface area contributed by atoms with Gasteiger partial charge in [0, 0.05) is 35.0 Å². The van der Waals surface area contributed by atoms with E-state index in [0.717, 1.165) is 5.69 Å². The second kappa shape index (κ2) is 8.17. The Morgan fingerprint density at radius 1 is 1.23 bits per heavy atom. The Morgan fingerprint density at radius 3 is 2.74 bits per heavy atom. The lowest BCUT2D eigenvalue weighted by Crippen LogP contribution is -2.26. The maximum atomic E-state index is 13.4. The lowest BCUT2D eigenvalue weighted by molar-refractivity contribution is -0.154. The van der Waals surface area contributed by atoms with E-state index in [0.29, 0.717) is 34.1 Å². The number of ether oxygens (including phenoxy) is 1. The van der Waals surface area contributed by atoms with Gasteiger partial charge in [0.2, 0.25) is 11.9 Å². The smallest absolute Gasteiger partial charge is 0.351 e. The number of Topliss-reactive ketones (excluding diaryl/α,β-unsaturated/α-hetero) is 1. The minimum atomic E-state index is -0.975. The lowest BCUT2D eigenvalue weighted by atomic mass is 10.1. The molecule has 160 valence electrons. The van der Waals surface area contributed by atoms with Crippen LogP contribution in [0.1, 0.15) is 39.5 Å². The predicted octanol–water partition coefficient (Wildman–Crippen LogP) is 3.45. The van der Waals surface area contributed by atoms with Crippen molar-refractivity contribution < 1.29 is 28.1 Å². The molecule has 0 fully saturated rings. The quantitative estimate of drug-likeness (QED) is 0.443. The molecule has 0 saturated heterocycles. The van der Waals surface area contributed by atoms with E-state index >= 15 is 0 Å². The highest BCUT2D eigenvalue weighted by Gasteiger charge is 2.31. The van der Waals surface area contributed by atoms with Crippen molar-refractivity contribution >= 4 is 17.5 Å². The zero-order valence-corrected chi connectivity index (χ0v) is 17.2. The molecule has 0 N–H and O–H groups in total. The molecule has 0 spiro atoms. The number of benzene rings is 1. The number of ketones is 1. The summed E-state index contributed by atoms with van der Waals surface area (Å²) in [6.45, 7) is 4.98. The van der Waals surface area contributed by atoms with Gasteiger partial charge in [0.05, 0.1) is 5.71 Å². The Hall–Kier alpha value is -3.75. The monoisotopic (exact) mass is 425 g/mol. The van der Waals surface area contributed by atoms with Crippen molar-refractivity contribution in [2.75, 3.05) is 6.61 Å². The Kier molecular flexibility index (Phi) is 5.41. The summed E-state index contributed by atoms with van der Waals surface area (Å²) in [5, 5.41) is 7.83. The van der Waals surface area contributed by atoms with Gasteiger partial charge in [0.25, 0.3) is 0 Å². The van der Waals surface area contributed by atoms with Crippen molar-refractivity contribution in [2.45, 2.75) is 33.3 Å². The van der Waals surface area contributed by atoms with Crippen LogP contribution in [0.3, 0.4) is 0 Å². The van der Waals surface area contributed by atoms with Gasteiger partial charge in [0.15, 0.2) is 12.4 Å². The number of aromatic nitrogens is 2. The molecular weight excluding hydrogens is 405 g/mol. The summed E-state index contributed by atoms with van der Waals surface area (Å²) in [6, 6.07) is 9.33. The first-order valence-corrected chi connectivity index (χ1v) is 9.64. The minimum absolute atomic E-state index is 0.135. The van der Waals surface area contributed by atoms with Gasteiger partial charge < -0.3 is 14.1 Å². The van der Waals surface area contributed by atoms with Crippen LogP contribution in [0.2, 0.25) is 0 Å². The molecule has 4 rings (SSSR count). The van der Waals surface area contributed by atoms with E-state index in [-0.39, 0.29) is 12.2 Å². The number of hydrogen-bond donors (Lipinski definition) is 0. The Morgan fingerprint density at radius 2 is 2.03 bits per heavy atom. The molecule has 9 heteroatoms. The third kappa shape index (κ3) is 4.11. The van der Waals surface area contributed by atoms with Gasteiger partial charge in [-0.2, -0.15) is 0 Å². The van der Waals surface area contributed by atoms with Crippen LogP contribution in [0.15, 0.2) is 46.1 Å². The molecule has 31 heavy (non-hydrogen) atoms. The van der Waals surface area contributed by atoms with Crippen molar-refractivity contribution in [3.05, 3.63) is 70.5 Å². The van der Waals surface area contributed by atoms with Crippen molar-refractivity contribution in [1.29, 1.82) is 0 Å². The molecule has 3 heterocycles. The van der Waals surface area contributed by atoms with E-state index in [1.807, 2.05) is 6.92 Å². The second-order valence-corrected chi connectivity index (χ2v) is 7.29. The van der Waals surface area contributed by atoms with Crippen LogP contribution >= 0.6 is 0 Å². The molecule has 2 aromatic heterocycles. The van der Waals surface area contributed by atoms with Crippen LogP contribution in [0.5, 0.6) is 0 Å². The summed E-state index contributed by atoms with van der Waals surface area (Å²) >= 11 is 0. The van der Waals surface area contributed by atoms with Crippen LogP contribution in [-0.2, 0) is 14.4 Å². The average Bonchev–Trinajstić information content (AvgIpc) is 3.45. The Labute approximate surface area is 177 Å². The van der Waals surface area contributed by atoms with E-state index in [4.69, 9.17) is 14.1 Å². The zero-order valence-electron chi connectivity index (χ0n) is 17.2. The van der Waals surface area contributed by atoms with Gasteiger partial charge in [-0.1, -0.05) is 22.4 Å². The van der Waals surface area contributed by atoms with E-state index in [1.54, 1.807) is 42.7 Å². The van der Waals surface area contributed by atoms with Crippen molar-refractivity contribution in [1.82, 2.24) is 9.72 Å². The summed E-state index contributed by atoms with van der Waals surface area (Å²) < 4.78 is 25.5. The van der Waals surface area contributed by atoms with Crippen LogP contribution in [-0.4, -0.2) is 39.9 Å². The molecule has 1 aliphatic rings. The molecule has 1 aliphatic heterocycles. The fourth-order valence-corrected chi connectivity index (χ4v) is 3.51. The lowest BCUT2D eigenvalue weighted by Gasteiger charge is -2.09. The molecule has 0 aliphatic carbocycles. The van der Waals surface area contributed by atoms with Gasteiger partial charge in [-0.15, -0.1) is 0 Å². The molecule has 0 saturated carbocycles. The highest BCUT2D eigenvalue weighted by atomic mass is 19.1. The summed E-state index contributed by atoms with van der Waals surface area (Å²) in [7, 11) is 0. The molecule has 3 aromatic rings. The van der Waals surface area contributed by atoms with E-state index in [9.17, 15) is 14.0 Å². The normalized spacial score (nSPS) is 15.5. The van der Waals surface area contributed by atoms with E-state index < -0.39 is 24.5 Å². The summed E-state index contributed by atoms with van der Waals surface area (Å²) in [5.74, 6) is -0.234. The molecule has 1 aromatic carbocycles. The first-order chi connectivity index (χ1) is 14.8. The van der Waals surface area contributed by atoms with E-state index in [1.165, 1.54) is 12.1 Å². The second-order valence-electron chi connectivity index (χ2n) is 7.29. The maximum absolute atomic E-state index is 13.4. The number of halogens is 1. The largest absolute Gasteiger partial charge is 0.454 e. The van der Waals surface area contributed by atoms with Crippen molar-refractivity contribution in [3.8, 4) is 5.82 Å². The number of carbonyl (C=O) groups is 2. The maximum Gasteiger partial charge on any atom is 0.351 e. The Balaban J connectivity index is 1.38. The standard InChI is InChI=1S/C22H20FN3O5/c1-12-7-17(14(3)26(12)21-8-13(2)30-25-21)19(27)11-29-22(28)20-10-18(24-31-20)15-5-4-6-16(23)9-15/h4-9,20H,10-11H2,1-3H3/t20-/m0/s1. The fourth-order valence-electron chi connectivity index (χ4n) is 3.51. The van der Waals surface area contributed by atoms with Gasteiger partial charge in [-0.05, 0) is 39.0 Å². The van der Waals surface area contributed by atoms with Gasteiger partial charge in [-0.3, -0.25) is 9.36 Å². The predicted molar refractivity (Wildman–Crippen MR) is 108 cm³/mol. The summed E-state index contributed by atoms with van der Waals surface area (Å²) in [5.41, 5.74) is 2.87. The molecular formula is C22H20FN3O5. The van der Waals surface area contributed by atoms with Crippen LogP contribution < -0.4 is 0 Å². The van der Waals surface area contributed by atoms with Crippen molar-refractivity contribution in [2.24, 2.45) is 5.16 Å². The number of hydrogen-bond acceptors (Lipinski definition) is 7. The fraction of sp³-hybridized carbons (Fsp3) is 0.273. The number of esters is 1. The third-order valence-corrected chi connectivity index (χ3v) is 5.01. The number of rotatable bonds is 6. The van der Waals surface area contributed by atoms with E-state index in [2.05, 4.69) is 10.3 Å². The molecule has 8 nitrogen and oxygen atoms in total. The first kappa shape index (κ1) is 20.5. The average molecular weight is 425 g/mol. The van der Waals surface area contributed by atoms with Crippen molar-refractivity contribution in [3.63, 3.8) is 0 Å². The van der Waals surface area contributed by atoms with Gasteiger partial charge in [-0.25, -0.2) is 9.18 Å². The topological polar surface area (TPSA) is 95.9 Å². The number of nitrogens with zero attached hydrogens (tertiary/aromatic N) is 3. The van der Waals surface area contributed by atoms with Crippen LogP contribution in [0, 0.1) is 26.6 Å². The number of aryl methyl sites for hydroxylation is 2. The van der Waals surface area contributed by atoms with Crippen LogP contribution in [0.4, 0.5) is 4.39 Å². The molecule has 0 radical (unpaired) electrons. The SMILES string of the molecule is Cc1cc(-n2c(C)cc(C(=O)COC(=O)[C@@H]3CC(c4cccc(F)c4)=NO3)c2C)no1. The third-order valence-electron chi connectivity index (χ3n) is 5.01. The Bertz CT molecular complexity index is 1190. The first-order valence-electron chi connectivity index (χ1n) is 9.64. The van der Waals surface area contributed by atoms with Crippen LogP contribution in [0.25, 0.3) is 5.82 Å². The number of oxime groups is 1. The number of carbonyl (C=O) groups excluding carboxylic acids is 2. The molecule has 0 unspecified atom stereocenters. The summed E-state index contributed by atoms with van der Waals surface area (Å²) in [6.07, 6.45) is -0.840. The summed E-state index contributed by atoms with van der Waals surface area (Å²) in [4.78, 5) is 30.1. The van der Waals surface area contributed by atoms with Gasteiger partial charge >= 0.3 is 5.97 Å². The highest BCUT2D eigenvalue weighted by Crippen LogP contribution is 2.22.